The van der Waals surface area contributed by atoms with Crippen LogP contribution in [0.4, 0.5) is 0 Å². The van der Waals surface area contributed by atoms with Crippen LogP contribution >= 0.6 is 0 Å². The molecule has 0 fully saturated rings. The van der Waals surface area contributed by atoms with E-state index >= 15 is 0 Å². The van der Waals surface area contributed by atoms with Crippen molar-refractivity contribution in [2.45, 2.75) is 20.8 Å². The van der Waals surface area contributed by atoms with E-state index in [1.165, 1.54) is 11.1 Å². The maximum Gasteiger partial charge on any atom is 0.323 e. The molecule has 0 aliphatic carbocycles. The summed E-state index contributed by atoms with van der Waals surface area (Å²) in [4.78, 5) is 24.0. The maximum atomic E-state index is 12.0. The van der Waals surface area contributed by atoms with E-state index in [9.17, 15) is 9.59 Å². The van der Waals surface area contributed by atoms with Gasteiger partial charge in [0.15, 0.2) is 0 Å². The third-order valence-electron chi connectivity index (χ3n) is 2.14. The molecule has 1 heterocycles. The average molecular weight is 240 g/mol. The van der Waals surface area contributed by atoms with Gasteiger partial charge in [0.2, 0.25) is 5.76 Å². The normalized spacial score (nSPS) is 10.6. The van der Waals surface area contributed by atoms with Crippen LogP contribution in [0.1, 0.15) is 30.0 Å². The highest BCUT2D eigenvalue weighted by Gasteiger charge is 2.24. The molecule has 1 rings (SSSR count). The van der Waals surface area contributed by atoms with Crippen LogP contribution in [-0.2, 0) is 4.79 Å². The Kier molecular flexibility index (Phi) is 4.25. The predicted molar refractivity (Wildman–Crippen MR) is 59.6 cm³/mol. The quantitative estimate of drug-likeness (QED) is 0.835. The molecular weight excluding hydrogens is 224 g/mol. The van der Waals surface area contributed by atoms with Crippen LogP contribution in [0, 0.1) is 12.8 Å². The van der Waals surface area contributed by atoms with E-state index in [0.29, 0.717) is 12.1 Å². The number of carboxylic acid groups (broad SMARTS) is 1. The minimum Gasteiger partial charge on any atom is -0.480 e. The number of carbonyl (C=O) groups is 2. The molecule has 17 heavy (non-hydrogen) atoms. The van der Waals surface area contributed by atoms with Crippen molar-refractivity contribution >= 4 is 11.9 Å². The molecule has 6 heteroatoms. The van der Waals surface area contributed by atoms with Crippen LogP contribution in [-0.4, -0.2) is 40.1 Å². The van der Waals surface area contributed by atoms with Crippen LogP contribution in [0.5, 0.6) is 0 Å². The van der Waals surface area contributed by atoms with Gasteiger partial charge in [-0.25, -0.2) is 0 Å². The first-order valence-corrected chi connectivity index (χ1v) is 5.34. The van der Waals surface area contributed by atoms with Gasteiger partial charge < -0.3 is 14.5 Å². The summed E-state index contributed by atoms with van der Waals surface area (Å²) in [5.41, 5.74) is 0.606. The summed E-state index contributed by atoms with van der Waals surface area (Å²) in [6, 6.07) is 0. The fourth-order valence-corrected chi connectivity index (χ4v) is 1.46. The standard InChI is InChI=1S/C11H16N2O4/c1-7(2)5-13(6-9(14)15)11(16)10-8(3)4-12-17-10/h4,7H,5-6H2,1-3H3,(H,14,15). The van der Waals surface area contributed by atoms with Crippen LogP contribution in [0.3, 0.4) is 0 Å². The maximum absolute atomic E-state index is 12.0. The lowest BCUT2D eigenvalue weighted by Crippen LogP contribution is -2.38. The van der Waals surface area contributed by atoms with Crippen molar-refractivity contribution in [1.29, 1.82) is 0 Å². The first-order chi connectivity index (χ1) is 7.91. The molecule has 0 saturated heterocycles. The summed E-state index contributed by atoms with van der Waals surface area (Å²) >= 11 is 0. The molecule has 6 nitrogen and oxygen atoms in total. The highest BCUT2D eigenvalue weighted by molar-refractivity contribution is 5.94. The van der Waals surface area contributed by atoms with Crippen molar-refractivity contribution in [3.8, 4) is 0 Å². The summed E-state index contributed by atoms with van der Waals surface area (Å²) in [5, 5.41) is 12.3. The van der Waals surface area contributed by atoms with E-state index in [1.807, 2.05) is 13.8 Å². The van der Waals surface area contributed by atoms with Crippen LogP contribution in [0.15, 0.2) is 10.7 Å². The highest BCUT2D eigenvalue weighted by Crippen LogP contribution is 2.11. The van der Waals surface area contributed by atoms with Crippen molar-refractivity contribution in [2.24, 2.45) is 5.92 Å². The average Bonchev–Trinajstić information content (AvgIpc) is 2.61. The summed E-state index contributed by atoms with van der Waals surface area (Å²) in [5.74, 6) is -1.19. The van der Waals surface area contributed by atoms with Gasteiger partial charge in [-0.05, 0) is 12.8 Å². The highest BCUT2D eigenvalue weighted by atomic mass is 16.5. The molecule has 0 spiro atoms. The number of carbonyl (C=O) groups excluding carboxylic acids is 1. The SMILES string of the molecule is Cc1cnoc1C(=O)N(CC(=O)O)CC(C)C. The molecule has 0 atom stereocenters. The number of aromatic nitrogens is 1. The summed E-state index contributed by atoms with van der Waals surface area (Å²) in [6.07, 6.45) is 1.43. The summed E-state index contributed by atoms with van der Waals surface area (Å²) in [7, 11) is 0. The fraction of sp³-hybridized carbons (Fsp3) is 0.545. The Morgan fingerprint density at radius 2 is 2.18 bits per heavy atom. The third-order valence-corrected chi connectivity index (χ3v) is 2.14. The number of nitrogens with zero attached hydrogens (tertiary/aromatic N) is 2. The largest absolute Gasteiger partial charge is 0.480 e. The van der Waals surface area contributed by atoms with Gasteiger partial charge in [0.1, 0.15) is 6.54 Å². The number of aryl methyl sites for hydroxylation is 1. The lowest BCUT2D eigenvalue weighted by atomic mass is 10.2. The van der Waals surface area contributed by atoms with E-state index in [0.717, 1.165) is 0 Å². The Bertz CT molecular complexity index is 411. The summed E-state index contributed by atoms with van der Waals surface area (Å²) < 4.78 is 4.84. The van der Waals surface area contributed by atoms with Crippen molar-refractivity contribution in [3.63, 3.8) is 0 Å². The van der Waals surface area contributed by atoms with Crippen LogP contribution in [0.2, 0.25) is 0 Å². The Hall–Kier alpha value is -1.85. The molecule has 1 aromatic heterocycles. The van der Waals surface area contributed by atoms with E-state index in [1.54, 1.807) is 6.92 Å². The second-order valence-corrected chi connectivity index (χ2v) is 4.31. The van der Waals surface area contributed by atoms with Gasteiger partial charge in [-0.15, -0.1) is 0 Å². The van der Waals surface area contributed by atoms with Gasteiger partial charge >= 0.3 is 5.97 Å². The molecular formula is C11H16N2O4. The van der Waals surface area contributed by atoms with E-state index in [2.05, 4.69) is 5.16 Å². The minimum absolute atomic E-state index is 0.104. The first kappa shape index (κ1) is 13.2. The zero-order chi connectivity index (χ0) is 13.0. The zero-order valence-corrected chi connectivity index (χ0v) is 10.1. The molecule has 94 valence electrons. The minimum atomic E-state index is -1.05. The van der Waals surface area contributed by atoms with Gasteiger partial charge in [0.25, 0.3) is 5.91 Å². The molecule has 0 aliphatic heterocycles. The first-order valence-electron chi connectivity index (χ1n) is 5.34. The zero-order valence-electron chi connectivity index (χ0n) is 10.1. The number of rotatable bonds is 5. The smallest absolute Gasteiger partial charge is 0.323 e. The molecule has 1 aromatic rings. The number of amides is 1. The number of aliphatic carboxylic acids is 1. The van der Waals surface area contributed by atoms with Crippen molar-refractivity contribution < 1.29 is 19.2 Å². The van der Waals surface area contributed by atoms with Crippen molar-refractivity contribution in [2.75, 3.05) is 13.1 Å². The number of hydrogen-bond donors (Lipinski definition) is 1. The van der Waals surface area contributed by atoms with E-state index in [-0.39, 0.29) is 18.2 Å². The van der Waals surface area contributed by atoms with Crippen molar-refractivity contribution in [1.82, 2.24) is 10.1 Å². The van der Waals surface area contributed by atoms with E-state index in [4.69, 9.17) is 9.63 Å². The number of carboxylic acids is 1. The van der Waals surface area contributed by atoms with Gasteiger partial charge in [-0.3, -0.25) is 9.59 Å². The third kappa shape index (κ3) is 3.58. The molecule has 0 saturated carbocycles. The second-order valence-electron chi connectivity index (χ2n) is 4.31. The van der Waals surface area contributed by atoms with Crippen molar-refractivity contribution in [3.05, 3.63) is 17.5 Å². The van der Waals surface area contributed by atoms with Gasteiger partial charge in [-0.1, -0.05) is 19.0 Å². The molecule has 0 aromatic carbocycles. The Balaban J connectivity index is 2.86. The molecule has 1 N–H and O–H groups in total. The lowest BCUT2D eigenvalue weighted by Gasteiger charge is -2.21. The fourth-order valence-electron chi connectivity index (χ4n) is 1.46. The molecule has 1 amide bonds. The van der Waals surface area contributed by atoms with Gasteiger partial charge in [0, 0.05) is 12.1 Å². The summed E-state index contributed by atoms with van der Waals surface area (Å²) in [6.45, 7) is 5.55. The Labute approximate surface area is 99.2 Å². The molecule has 0 bridgehead atoms. The second kappa shape index (κ2) is 5.47. The molecule has 0 radical (unpaired) electrons. The monoisotopic (exact) mass is 240 g/mol. The van der Waals surface area contributed by atoms with Gasteiger partial charge in [-0.2, -0.15) is 0 Å². The topological polar surface area (TPSA) is 83.6 Å². The Morgan fingerprint density at radius 1 is 1.53 bits per heavy atom. The van der Waals surface area contributed by atoms with E-state index < -0.39 is 11.9 Å². The molecule has 0 aliphatic rings. The lowest BCUT2D eigenvalue weighted by molar-refractivity contribution is -0.137. The van der Waals surface area contributed by atoms with Crippen LogP contribution < -0.4 is 0 Å². The molecule has 0 unspecified atom stereocenters. The van der Waals surface area contributed by atoms with Crippen LogP contribution in [0.25, 0.3) is 0 Å². The van der Waals surface area contributed by atoms with Gasteiger partial charge in [0.05, 0.1) is 6.20 Å². The predicted octanol–water partition coefficient (Wildman–Crippen LogP) is 1.17. The Morgan fingerprint density at radius 3 is 2.59 bits per heavy atom. The number of hydrogen-bond acceptors (Lipinski definition) is 4.